The predicted octanol–water partition coefficient (Wildman–Crippen LogP) is 4.85. The molecule has 1 N–H and O–H groups in total. The third-order valence-corrected chi connectivity index (χ3v) is 5.35. The molecule has 3 rings (SSSR count). The van der Waals surface area contributed by atoms with E-state index >= 15 is 0 Å². The summed E-state index contributed by atoms with van der Waals surface area (Å²) in [6, 6.07) is 11.3. The van der Waals surface area contributed by atoms with E-state index in [9.17, 15) is 9.59 Å². The molecule has 0 heterocycles. The number of aryl methyl sites for hydroxylation is 2. The first-order valence-corrected chi connectivity index (χ1v) is 10.4. The maximum absolute atomic E-state index is 12.8. The Hall–Kier alpha value is -2.82. The van der Waals surface area contributed by atoms with Gasteiger partial charge in [0.1, 0.15) is 5.75 Å². The third-order valence-electron chi connectivity index (χ3n) is 5.35. The first-order chi connectivity index (χ1) is 14.0. The molecule has 0 spiro atoms. The van der Waals surface area contributed by atoms with Crippen molar-refractivity contribution in [3.8, 4) is 5.75 Å². The lowest BCUT2D eigenvalue weighted by molar-refractivity contribution is -0.122. The lowest BCUT2D eigenvalue weighted by Crippen LogP contribution is -2.32. The van der Waals surface area contributed by atoms with Crippen LogP contribution in [0.1, 0.15) is 60.2 Å². The van der Waals surface area contributed by atoms with Crippen LogP contribution in [-0.2, 0) is 22.4 Å². The lowest BCUT2D eigenvalue weighted by atomic mass is 9.92. The molecule has 1 amide bonds. The predicted molar refractivity (Wildman–Crippen MR) is 114 cm³/mol. The average Bonchev–Trinajstić information content (AvgIpc) is 2.73. The van der Waals surface area contributed by atoms with E-state index in [1.54, 1.807) is 32.0 Å². The van der Waals surface area contributed by atoms with E-state index in [4.69, 9.17) is 9.47 Å². The van der Waals surface area contributed by atoms with E-state index in [1.807, 2.05) is 13.0 Å². The van der Waals surface area contributed by atoms with Gasteiger partial charge in [0.15, 0.2) is 6.10 Å². The number of fused-ring (bicyclic) bond motifs is 1. The fourth-order valence-corrected chi connectivity index (χ4v) is 3.68. The smallest absolute Gasteiger partial charge is 0.338 e. The van der Waals surface area contributed by atoms with E-state index < -0.39 is 12.1 Å². The van der Waals surface area contributed by atoms with Crippen molar-refractivity contribution in [3.05, 3.63) is 58.7 Å². The molecule has 0 fully saturated rings. The summed E-state index contributed by atoms with van der Waals surface area (Å²) in [6.07, 6.45) is 4.54. The molecule has 5 nitrogen and oxygen atoms in total. The summed E-state index contributed by atoms with van der Waals surface area (Å²) in [6.45, 7) is 5.79. The quantitative estimate of drug-likeness (QED) is 0.681. The van der Waals surface area contributed by atoms with E-state index in [-0.39, 0.29) is 5.91 Å². The van der Waals surface area contributed by atoms with Crippen molar-refractivity contribution in [3.63, 3.8) is 0 Å². The summed E-state index contributed by atoms with van der Waals surface area (Å²) in [4.78, 5) is 24.9. The Morgan fingerprint density at radius 1 is 1.07 bits per heavy atom. The van der Waals surface area contributed by atoms with Gasteiger partial charge >= 0.3 is 5.97 Å². The van der Waals surface area contributed by atoms with Crippen molar-refractivity contribution < 1.29 is 19.1 Å². The molecule has 1 aliphatic rings. The fourth-order valence-electron chi connectivity index (χ4n) is 3.68. The first-order valence-electron chi connectivity index (χ1n) is 10.4. The zero-order valence-electron chi connectivity index (χ0n) is 17.4. The van der Waals surface area contributed by atoms with Gasteiger partial charge in [0.05, 0.1) is 12.2 Å². The number of ether oxygens (including phenoxy) is 2. The van der Waals surface area contributed by atoms with Gasteiger partial charge in [-0.05, 0) is 86.9 Å². The van der Waals surface area contributed by atoms with Crippen LogP contribution in [-0.4, -0.2) is 24.6 Å². The minimum absolute atomic E-state index is 0.227. The Kier molecular flexibility index (Phi) is 6.91. The highest BCUT2D eigenvalue weighted by Crippen LogP contribution is 2.27. The highest BCUT2D eigenvalue weighted by Gasteiger charge is 2.21. The zero-order valence-corrected chi connectivity index (χ0v) is 17.4. The van der Waals surface area contributed by atoms with Gasteiger partial charge in [0.2, 0.25) is 0 Å². The van der Waals surface area contributed by atoms with Gasteiger partial charge in [-0.1, -0.05) is 19.1 Å². The summed E-state index contributed by atoms with van der Waals surface area (Å²) < 4.78 is 11.1. The van der Waals surface area contributed by atoms with Crippen molar-refractivity contribution in [1.82, 2.24) is 0 Å². The molecule has 0 bridgehead atoms. The van der Waals surface area contributed by atoms with Crippen molar-refractivity contribution in [2.24, 2.45) is 0 Å². The summed E-state index contributed by atoms with van der Waals surface area (Å²) in [5.41, 5.74) is 4.43. The Labute approximate surface area is 172 Å². The van der Waals surface area contributed by atoms with Gasteiger partial charge in [-0.2, -0.15) is 0 Å². The van der Waals surface area contributed by atoms with Crippen molar-refractivity contribution in [2.45, 2.75) is 59.0 Å². The summed E-state index contributed by atoms with van der Waals surface area (Å²) in [5.74, 6) is 0.109. The maximum Gasteiger partial charge on any atom is 0.338 e. The molecule has 2 aromatic carbocycles. The van der Waals surface area contributed by atoms with Crippen LogP contribution in [0.25, 0.3) is 0 Å². The minimum Gasteiger partial charge on any atom is -0.481 e. The molecule has 1 aliphatic carbocycles. The Morgan fingerprint density at radius 3 is 2.55 bits per heavy atom. The number of carbonyl (C=O) groups is 2. The second kappa shape index (κ2) is 9.59. The monoisotopic (exact) mass is 395 g/mol. The number of rotatable bonds is 7. The van der Waals surface area contributed by atoms with E-state index in [0.29, 0.717) is 29.8 Å². The standard InChI is InChI=1S/C24H29NO4/c1-4-22(29-19-14-13-17-9-6-7-10-18(17)15-19)23(26)25-21-12-8-11-20(16(21)3)24(27)28-5-2/h8,11-15,22H,4-7,9-10H2,1-3H3,(H,25,26)/t22-/m0/s1. The molecule has 1 atom stereocenters. The van der Waals surface area contributed by atoms with Crippen molar-refractivity contribution in [1.29, 1.82) is 0 Å². The minimum atomic E-state index is -0.609. The van der Waals surface area contributed by atoms with Gasteiger partial charge in [-0.15, -0.1) is 0 Å². The number of benzene rings is 2. The fraction of sp³-hybridized carbons (Fsp3) is 0.417. The second-order valence-corrected chi connectivity index (χ2v) is 7.34. The molecule has 2 aromatic rings. The molecule has 0 unspecified atom stereocenters. The first kappa shape index (κ1) is 20.9. The molecule has 0 radical (unpaired) electrons. The number of nitrogens with one attached hydrogen (secondary N) is 1. The molecule has 0 aromatic heterocycles. The van der Waals surface area contributed by atoms with Crippen LogP contribution in [0.15, 0.2) is 36.4 Å². The van der Waals surface area contributed by atoms with Crippen LogP contribution >= 0.6 is 0 Å². The number of hydrogen-bond acceptors (Lipinski definition) is 4. The molecule has 5 heteroatoms. The Balaban J connectivity index is 1.72. The SMILES string of the molecule is CCOC(=O)c1cccc(NC(=O)[C@H](CC)Oc2ccc3c(c2)CCCC3)c1C. The molecule has 0 aliphatic heterocycles. The number of esters is 1. The van der Waals surface area contributed by atoms with Gasteiger partial charge in [-0.3, -0.25) is 4.79 Å². The van der Waals surface area contributed by atoms with Crippen LogP contribution in [0, 0.1) is 6.92 Å². The number of amides is 1. The maximum atomic E-state index is 12.8. The molecular formula is C24H29NO4. The van der Waals surface area contributed by atoms with Crippen molar-refractivity contribution >= 4 is 17.6 Å². The highest BCUT2D eigenvalue weighted by molar-refractivity contribution is 5.98. The largest absolute Gasteiger partial charge is 0.481 e. The van der Waals surface area contributed by atoms with Crippen LogP contribution in [0.3, 0.4) is 0 Å². The van der Waals surface area contributed by atoms with Crippen LogP contribution in [0.4, 0.5) is 5.69 Å². The van der Waals surface area contributed by atoms with E-state index in [2.05, 4.69) is 17.4 Å². The topological polar surface area (TPSA) is 64.6 Å². The van der Waals surface area contributed by atoms with Crippen LogP contribution < -0.4 is 10.1 Å². The van der Waals surface area contributed by atoms with E-state index in [0.717, 1.165) is 18.6 Å². The van der Waals surface area contributed by atoms with Crippen molar-refractivity contribution in [2.75, 3.05) is 11.9 Å². The van der Waals surface area contributed by atoms with Gasteiger partial charge in [0.25, 0.3) is 5.91 Å². The number of anilines is 1. The molecule has 29 heavy (non-hydrogen) atoms. The third kappa shape index (κ3) is 4.97. The molecule has 0 saturated carbocycles. The normalized spacial score (nSPS) is 13.9. The van der Waals surface area contributed by atoms with Crippen LogP contribution in [0.2, 0.25) is 0 Å². The highest BCUT2D eigenvalue weighted by atomic mass is 16.5. The molecule has 154 valence electrons. The Morgan fingerprint density at radius 2 is 1.83 bits per heavy atom. The molecular weight excluding hydrogens is 366 g/mol. The number of carbonyl (C=O) groups excluding carboxylic acids is 2. The van der Waals surface area contributed by atoms with E-state index in [1.165, 1.54) is 24.0 Å². The summed E-state index contributed by atoms with van der Waals surface area (Å²) in [7, 11) is 0. The molecule has 0 saturated heterocycles. The second-order valence-electron chi connectivity index (χ2n) is 7.34. The average molecular weight is 395 g/mol. The lowest BCUT2D eigenvalue weighted by Gasteiger charge is -2.21. The van der Waals surface area contributed by atoms with Gasteiger partial charge in [-0.25, -0.2) is 4.79 Å². The summed E-state index contributed by atoms with van der Waals surface area (Å²) in [5, 5.41) is 2.91. The van der Waals surface area contributed by atoms with Gasteiger partial charge in [0, 0.05) is 5.69 Å². The van der Waals surface area contributed by atoms with Crippen LogP contribution in [0.5, 0.6) is 5.75 Å². The summed E-state index contributed by atoms with van der Waals surface area (Å²) >= 11 is 0. The Bertz CT molecular complexity index is 890. The number of hydrogen-bond donors (Lipinski definition) is 1. The zero-order chi connectivity index (χ0) is 20.8. The van der Waals surface area contributed by atoms with Gasteiger partial charge < -0.3 is 14.8 Å².